The minimum atomic E-state index is -0.220. The smallest absolute Gasteiger partial charge is 0.123 e. The molecule has 0 heterocycles. The highest BCUT2D eigenvalue weighted by atomic mass is 79.9. The Morgan fingerprint density at radius 1 is 1.12 bits per heavy atom. The van der Waals surface area contributed by atoms with Crippen LogP contribution in [0.25, 0.3) is 0 Å². The van der Waals surface area contributed by atoms with Gasteiger partial charge in [0.05, 0.1) is 0 Å². The van der Waals surface area contributed by atoms with Gasteiger partial charge in [-0.2, -0.15) is 0 Å². The Morgan fingerprint density at radius 3 is 2.47 bits per heavy atom. The molecule has 2 N–H and O–H groups in total. The second-order valence-corrected chi connectivity index (χ2v) is 5.45. The van der Waals surface area contributed by atoms with E-state index >= 15 is 0 Å². The van der Waals surface area contributed by atoms with Gasteiger partial charge in [0.2, 0.25) is 0 Å². The summed E-state index contributed by atoms with van der Waals surface area (Å²) in [5, 5.41) is 0. The van der Waals surface area contributed by atoms with Crippen molar-refractivity contribution in [1.29, 1.82) is 0 Å². The Morgan fingerprint density at radius 2 is 1.82 bits per heavy atom. The van der Waals surface area contributed by atoms with Crippen molar-refractivity contribution in [3.63, 3.8) is 0 Å². The molecule has 0 aliphatic carbocycles. The number of hydrogen-bond donors (Lipinski definition) is 1. The lowest BCUT2D eigenvalue weighted by molar-refractivity contribution is 0.626. The van der Waals surface area contributed by atoms with Crippen molar-refractivity contribution < 1.29 is 4.39 Å². The van der Waals surface area contributed by atoms with Gasteiger partial charge in [-0.15, -0.1) is 0 Å². The van der Waals surface area contributed by atoms with Crippen molar-refractivity contribution in [3.05, 3.63) is 58.3 Å². The maximum atomic E-state index is 12.8. The molecule has 0 spiro atoms. The van der Waals surface area contributed by atoms with Gasteiger partial charge in [0, 0.05) is 20.8 Å². The van der Waals surface area contributed by atoms with Crippen LogP contribution in [0.3, 0.4) is 0 Å². The zero-order valence-corrected chi connectivity index (χ0v) is 11.4. The lowest BCUT2D eigenvalue weighted by Gasteiger charge is -2.09. The summed E-state index contributed by atoms with van der Waals surface area (Å²) >= 11 is 5.06. The molecular formula is C13H11BrFNS. The third-order valence-corrected chi connectivity index (χ3v) is 4.17. The normalized spacial score (nSPS) is 10.5. The van der Waals surface area contributed by atoms with E-state index in [1.54, 1.807) is 23.9 Å². The van der Waals surface area contributed by atoms with Crippen LogP contribution in [0.5, 0.6) is 0 Å². The van der Waals surface area contributed by atoms with Gasteiger partial charge in [0.15, 0.2) is 0 Å². The van der Waals surface area contributed by atoms with E-state index in [4.69, 9.17) is 5.73 Å². The molecule has 2 rings (SSSR count). The molecule has 0 fully saturated rings. The molecule has 1 nitrogen and oxygen atoms in total. The highest BCUT2D eigenvalue weighted by Gasteiger charge is 2.06. The van der Waals surface area contributed by atoms with E-state index in [0.717, 1.165) is 19.8 Å². The van der Waals surface area contributed by atoms with Crippen molar-refractivity contribution in [2.24, 2.45) is 5.73 Å². The molecule has 0 amide bonds. The van der Waals surface area contributed by atoms with E-state index in [1.807, 2.05) is 18.2 Å². The summed E-state index contributed by atoms with van der Waals surface area (Å²) in [6.45, 7) is 0.477. The molecular weight excluding hydrogens is 301 g/mol. The molecule has 0 radical (unpaired) electrons. The summed E-state index contributed by atoms with van der Waals surface area (Å²) in [5.41, 5.74) is 6.80. The minimum Gasteiger partial charge on any atom is -0.326 e. The molecule has 2 aromatic carbocycles. The number of nitrogens with two attached hydrogens (primary N) is 1. The fourth-order valence-corrected chi connectivity index (χ4v) is 3.11. The number of halogens is 2. The van der Waals surface area contributed by atoms with Crippen LogP contribution in [0.1, 0.15) is 5.56 Å². The highest BCUT2D eigenvalue weighted by Crippen LogP contribution is 2.33. The second kappa shape index (κ2) is 5.67. The first-order valence-corrected chi connectivity index (χ1v) is 6.72. The lowest BCUT2D eigenvalue weighted by atomic mass is 10.2. The van der Waals surface area contributed by atoms with Crippen LogP contribution >= 0.6 is 27.7 Å². The van der Waals surface area contributed by atoms with Gasteiger partial charge in [0.1, 0.15) is 5.82 Å². The summed E-state index contributed by atoms with van der Waals surface area (Å²) < 4.78 is 13.8. The van der Waals surface area contributed by atoms with Gasteiger partial charge in [-0.25, -0.2) is 4.39 Å². The molecule has 0 atom stereocenters. The minimum absolute atomic E-state index is 0.220. The largest absolute Gasteiger partial charge is 0.326 e. The molecule has 0 unspecified atom stereocenters. The van der Waals surface area contributed by atoms with E-state index < -0.39 is 0 Å². The first-order valence-electron chi connectivity index (χ1n) is 5.11. The van der Waals surface area contributed by atoms with E-state index in [2.05, 4.69) is 15.9 Å². The standard InChI is InChI=1S/C13H11BrFNS/c14-12-2-1-3-13(11(12)8-16)17-10-6-4-9(15)5-7-10/h1-7H,8,16H2. The van der Waals surface area contributed by atoms with Crippen molar-refractivity contribution in [1.82, 2.24) is 0 Å². The Labute approximate surface area is 112 Å². The monoisotopic (exact) mass is 311 g/mol. The van der Waals surface area contributed by atoms with Gasteiger partial charge >= 0.3 is 0 Å². The third-order valence-electron chi connectivity index (χ3n) is 2.32. The fraction of sp³-hybridized carbons (Fsp3) is 0.0769. The average Bonchev–Trinajstić information content (AvgIpc) is 2.32. The van der Waals surface area contributed by atoms with Crippen LogP contribution in [-0.2, 0) is 6.54 Å². The molecule has 0 aromatic heterocycles. The van der Waals surface area contributed by atoms with Crippen molar-refractivity contribution in [2.75, 3.05) is 0 Å². The molecule has 88 valence electrons. The van der Waals surface area contributed by atoms with Crippen LogP contribution in [0, 0.1) is 5.82 Å². The predicted octanol–water partition coefficient (Wildman–Crippen LogP) is 4.20. The summed E-state index contributed by atoms with van der Waals surface area (Å²) in [7, 11) is 0. The van der Waals surface area contributed by atoms with E-state index in [1.165, 1.54) is 12.1 Å². The second-order valence-electron chi connectivity index (χ2n) is 3.48. The fourth-order valence-electron chi connectivity index (χ4n) is 1.46. The SMILES string of the molecule is NCc1c(Br)cccc1Sc1ccc(F)cc1. The zero-order valence-electron chi connectivity index (χ0n) is 8.99. The Bertz CT molecular complexity index is 513. The van der Waals surface area contributed by atoms with Crippen LogP contribution in [-0.4, -0.2) is 0 Å². The molecule has 0 aliphatic rings. The van der Waals surface area contributed by atoms with Gasteiger partial charge in [-0.3, -0.25) is 0 Å². The average molecular weight is 312 g/mol. The van der Waals surface area contributed by atoms with Gasteiger partial charge < -0.3 is 5.73 Å². The van der Waals surface area contributed by atoms with Crippen LogP contribution in [0.2, 0.25) is 0 Å². The van der Waals surface area contributed by atoms with E-state index in [0.29, 0.717) is 6.54 Å². The number of rotatable bonds is 3. The molecule has 4 heteroatoms. The maximum absolute atomic E-state index is 12.8. The molecule has 0 saturated carbocycles. The lowest BCUT2D eigenvalue weighted by Crippen LogP contribution is -1.99. The molecule has 2 aromatic rings. The number of hydrogen-bond acceptors (Lipinski definition) is 2. The molecule has 0 aliphatic heterocycles. The number of benzene rings is 2. The predicted molar refractivity (Wildman–Crippen MR) is 72.6 cm³/mol. The van der Waals surface area contributed by atoms with Gasteiger partial charge in [0.25, 0.3) is 0 Å². The molecule has 0 saturated heterocycles. The first kappa shape index (κ1) is 12.6. The molecule has 17 heavy (non-hydrogen) atoms. The van der Waals surface area contributed by atoms with Crippen molar-refractivity contribution >= 4 is 27.7 Å². The van der Waals surface area contributed by atoms with E-state index in [9.17, 15) is 4.39 Å². The molecule has 0 bridgehead atoms. The highest BCUT2D eigenvalue weighted by molar-refractivity contribution is 9.10. The Hall–Kier alpha value is -0.840. The van der Waals surface area contributed by atoms with Crippen LogP contribution in [0.4, 0.5) is 4.39 Å². The topological polar surface area (TPSA) is 26.0 Å². The van der Waals surface area contributed by atoms with Crippen molar-refractivity contribution in [3.8, 4) is 0 Å². The zero-order chi connectivity index (χ0) is 12.3. The van der Waals surface area contributed by atoms with Gasteiger partial charge in [-0.05, 0) is 42.0 Å². The first-order chi connectivity index (χ1) is 8.20. The Balaban J connectivity index is 2.29. The third kappa shape index (κ3) is 3.09. The van der Waals surface area contributed by atoms with Crippen LogP contribution in [0.15, 0.2) is 56.7 Å². The summed E-state index contributed by atoms with van der Waals surface area (Å²) in [4.78, 5) is 2.09. The van der Waals surface area contributed by atoms with Crippen molar-refractivity contribution in [2.45, 2.75) is 16.3 Å². The van der Waals surface area contributed by atoms with Crippen LogP contribution < -0.4 is 5.73 Å². The quantitative estimate of drug-likeness (QED) is 0.919. The van der Waals surface area contributed by atoms with Gasteiger partial charge in [-0.1, -0.05) is 33.8 Å². The summed E-state index contributed by atoms with van der Waals surface area (Å²) in [6.07, 6.45) is 0. The Kier molecular flexibility index (Phi) is 4.20. The summed E-state index contributed by atoms with van der Waals surface area (Å²) in [6, 6.07) is 12.4. The maximum Gasteiger partial charge on any atom is 0.123 e. The summed E-state index contributed by atoms with van der Waals surface area (Å²) in [5.74, 6) is -0.220. The van der Waals surface area contributed by atoms with E-state index in [-0.39, 0.29) is 5.82 Å².